The third-order valence-electron chi connectivity index (χ3n) is 3.42. The summed E-state index contributed by atoms with van der Waals surface area (Å²) in [5.41, 5.74) is -0.570. The van der Waals surface area contributed by atoms with Crippen LogP contribution in [0.25, 0.3) is 11.3 Å². The molecule has 0 aliphatic rings. The van der Waals surface area contributed by atoms with E-state index in [4.69, 9.17) is 4.42 Å². The maximum Gasteiger partial charge on any atom is 0.271 e. The van der Waals surface area contributed by atoms with Gasteiger partial charge in [-0.2, -0.15) is 4.39 Å². The van der Waals surface area contributed by atoms with Crippen molar-refractivity contribution in [3.05, 3.63) is 60.4 Å². The van der Waals surface area contributed by atoms with Crippen molar-refractivity contribution < 1.29 is 21.6 Å². The Labute approximate surface area is 136 Å². The van der Waals surface area contributed by atoms with Crippen LogP contribution in [-0.2, 0) is 16.6 Å². The highest BCUT2D eigenvalue weighted by atomic mass is 32.2. The molecule has 6 nitrogen and oxygen atoms in total. The molecule has 0 saturated carbocycles. The zero-order valence-corrected chi connectivity index (χ0v) is 13.3. The molecule has 0 amide bonds. The summed E-state index contributed by atoms with van der Waals surface area (Å²) in [7, 11) is -2.56. The van der Waals surface area contributed by atoms with Crippen molar-refractivity contribution in [1.82, 2.24) is 14.3 Å². The Balaban J connectivity index is 2.30. The number of nitrogens with zero attached hydrogens (tertiary/aromatic N) is 2. The highest BCUT2D eigenvalue weighted by molar-refractivity contribution is 7.90. The monoisotopic (exact) mass is 353 g/mol. The van der Waals surface area contributed by atoms with Crippen molar-refractivity contribution in [3.63, 3.8) is 0 Å². The Morgan fingerprint density at radius 3 is 2.75 bits per heavy atom. The molecule has 0 aromatic carbocycles. The predicted molar refractivity (Wildman–Crippen MR) is 81.6 cm³/mol. The lowest BCUT2D eigenvalue weighted by Crippen LogP contribution is -2.13. The number of aromatic nitrogens is 2. The lowest BCUT2D eigenvalue weighted by atomic mass is 10.2. The number of nitrogens with one attached hydrogen (secondary N) is 1. The van der Waals surface area contributed by atoms with Crippen LogP contribution in [0.15, 0.2) is 52.4 Å². The van der Waals surface area contributed by atoms with Gasteiger partial charge in [-0.05, 0) is 25.2 Å². The highest BCUT2D eigenvalue weighted by Crippen LogP contribution is 2.31. The van der Waals surface area contributed by atoms with Gasteiger partial charge in [0.2, 0.25) is 5.95 Å². The van der Waals surface area contributed by atoms with E-state index in [0.717, 1.165) is 12.5 Å². The van der Waals surface area contributed by atoms with Gasteiger partial charge >= 0.3 is 0 Å². The topological polar surface area (TPSA) is 77.1 Å². The second kappa shape index (κ2) is 6.17. The van der Waals surface area contributed by atoms with Crippen molar-refractivity contribution in [3.8, 4) is 11.3 Å². The van der Waals surface area contributed by atoms with Gasteiger partial charge in [0.25, 0.3) is 10.0 Å². The molecule has 0 radical (unpaired) electrons. The third kappa shape index (κ3) is 2.61. The van der Waals surface area contributed by atoms with Gasteiger partial charge in [0.05, 0.1) is 11.8 Å². The van der Waals surface area contributed by atoms with E-state index in [2.05, 4.69) is 10.3 Å². The van der Waals surface area contributed by atoms with Crippen LogP contribution < -0.4 is 5.32 Å². The quantitative estimate of drug-likeness (QED) is 0.713. The molecule has 0 bridgehead atoms. The molecule has 0 aliphatic heterocycles. The van der Waals surface area contributed by atoms with Gasteiger partial charge in [0, 0.05) is 24.5 Å². The SMILES string of the molecule is CNCc1cn(S(=O)(=O)c2ccoc2)c(-c2cccnc2F)c1F. The minimum Gasteiger partial charge on any atom is -0.471 e. The largest absolute Gasteiger partial charge is 0.471 e. The fourth-order valence-electron chi connectivity index (χ4n) is 2.33. The Bertz CT molecular complexity index is 966. The number of hydrogen-bond donors (Lipinski definition) is 1. The van der Waals surface area contributed by atoms with E-state index in [9.17, 15) is 17.2 Å². The van der Waals surface area contributed by atoms with Gasteiger partial charge < -0.3 is 9.73 Å². The lowest BCUT2D eigenvalue weighted by Gasteiger charge is -2.09. The summed E-state index contributed by atoms with van der Waals surface area (Å²) in [6.45, 7) is 0.0780. The zero-order valence-electron chi connectivity index (χ0n) is 12.5. The van der Waals surface area contributed by atoms with Crippen LogP contribution in [0.3, 0.4) is 0 Å². The van der Waals surface area contributed by atoms with Crippen LogP contribution in [0.2, 0.25) is 0 Å². The molecule has 3 rings (SSSR count). The summed E-state index contributed by atoms with van der Waals surface area (Å²) >= 11 is 0. The molecule has 3 aromatic heterocycles. The molecule has 24 heavy (non-hydrogen) atoms. The van der Waals surface area contributed by atoms with Crippen molar-refractivity contribution in [2.75, 3.05) is 7.05 Å². The Morgan fingerprint density at radius 1 is 1.33 bits per heavy atom. The average molecular weight is 353 g/mol. The molecule has 0 aliphatic carbocycles. The van der Waals surface area contributed by atoms with E-state index >= 15 is 0 Å². The van der Waals surface area contributed by atoms with E-state index in [0.29, 0.717) is 3.97 Å². The Morgan fingerprint density at radius 2 is 2.12 bits per heavy atom. The summed E-state index contributed by atoms with van der Waals surface area (Å²) < 4.78 is 59.8. The summed E-state index contributed by atoms with van der Waals surface area (Å²) in [4.78, 5) is 3.29. The summed E-state index contributed by atoms with van der Waals surface area (Å²) in [5, 5.41) is 2.74. The van der Waals surface area contributed by atoms with Crippen molar-refractivity contribution in [1.29, 1.82) is 0 Å². The van der Waals surface area contributed by atoms with Crippen molar-refractivity contribution in [2.24, 2.45) is 0 Å². The molecular weight excluding hydrogens is 340 g/mol. The Hall–Kier alpha value is -2.52. The smallest absolute Gasteiger partial charge is 0.271 e. The van der Waals surface area contributed by atoms with Crippen LogP contribution in [0, 0.1) is 11.8 Å². The molecule has 0 saturated heterocycles. The van der Waals surface area contributed by atoms with Crippen LogP contribution in [0.5, 0.6) is 0 Å². The Kier molecular flexibility index (Phi) is 4.20. The standard InChI is InChI=1S/C15H13F2N3O3S/c1-18-7-10-8-20(24(21,22)11-4-6-23-9-11)14(13(10)16)12-3-2-5-19-15(12)17/h2-6,8-9,18H,7H2,1H3. The molecule has 3 heterocycles. The molecule has 0 spiro atoms. The van der Waals surface area contributed by atoms with E-state index in [-0.39, 0.29) is 22.6 Å². The summed E-state index contributed by atoms with van der Waals surface area (Å²) in [6, 6.07) is 3.90. The molecule has 126 valence electrons. The average Bonchev–Trinajstić information content (AvgIpc) is 3.19. The second-order valence-corrected chi connectivity index (χ2v) is 6.76. The maximum atomic E-state index is 14.8. The van der Waals surface area contributed by atoms with Gasteiger partial charge in [0.1, 0.15) is 16.9 Å². The van der Waals surface area contributed by atoms with Crippen LogP contribution >= 0.6 is 0 Å². The number of pyridine rings is 1. The molecule has 0 atom stereocenters. The minimum atomic E-state index is -4.15. The first kappa shape index (κ1) is 16.3. The second-order valence-electron chi connectivity index (χ2n) is 4.95. The van der Waals surface area contributed by atoms with E-state index in [1.165, 1.54) is 30.7 Å². The van der Waals surface area contributed by atoms with Crippen molar-refractivity contribution >= 4 is 10.0 Å². The molecule has 9 heteroatoms. The number of hydrogen-bond acceptors (Lipinski definition) is 5. The minimum absolute atomic E-state index is 0.0780. The maximum absolute atomic E-state index is 14.8. The fraction of sp³-hybridized carbons (Fsp3) is 0.133. The van der Waals surface area contributed by atoms with Gasteiger partial charge in [-0.1, -0.05) is 0 Å². The lowest BCUT2D eigenvalue weighted by molar-refractivity contribution is 0.554. The fourth-order valence-corrected chi connectivity index (χ4v) is 3.64. The van der Waals surface area contributed by atoms with Gasteiger partial charge in [-0.15, -0.1) is 0 Å². The predicted octanol–water partition coefficient (Wildman–Crippen LogP) is 2.38. The number of rotatable bonds is 5. The highest BCUT2D eigenvalue weighted by Gasteiger charge is 2.28. The number of halogens is 2. The van der Waals surface area contributed by atoms with Crippen molar-refractivity contribution in [2.45, 2.75) is 11.4 Å². The molecule has 1 N–H and O–H groups in total. The molecule has 0 unspecified atom stereocenters. The molecule has 0 fully saturated rings. The van der Waals surface area contributed by atoms with Crippen LogP contribution in [0.1, 0.15) is 5.56 Å². The summed E-state index contributed by atoms with van der Waals surface area (Å²) in [6.07, 6.45) is 4.53. The van der Waals surface area contributed by atoms with Crippen LogP contribution in [0.4, 0.5) is 8.78 Å². The summed E-state index contributed by atoms with van der Waals surface area (Å²) in [5.74, 6) is -1.79. The van der Waals surface area contributed by atoms with E-state index in [1.54, 1.807) is 7.05 Å². The van der Waals surface area contributed by atoms with Crippen LogP contribution in [-0.4, -0.2) is 24.4 Å². The first-order chi connectivity index (χ1) is 11.5. The van der Waals surface area contributed by atoms with Gasteiger partial charge in [-0.25, -0.2) is 21.8 Å². The van der Waals surface area contributed by atoms with E-state index < -0.39 is 27.5 Å². The molecule has 3 aromatic rings. The first-order valence-electron chi connectivity index (χ1n) is 6.89. The zero-order chi connectivity index (χ0) is 17.3. The first-order valence-corrected chi connectivity index (χ1v) is 8.33. The third-order valence-corrected chi connectivity index (χ3v) is 5.05. The normalized spacial score (nSPS) is 11.8. The van der Waals surface area contributed by atoms with E-state index in [1.807, 2.05) is 0 Å². The van der Waals surface area contributed by atoms with Gasteiger partial charge in [-0.3, -0.25) is 0 Å². The number of furan rings is 1. The molecular formula is C15H13F2N3O3S. The van der Waals surface area contributed by atoms with Gasteiger partial charge in [0.15, 0.2) is 5.82 Å².